The van der Waals surface area contributed by atoms with E-state index >= 15 is 0 Å². The molecule has 13 heteroatoms. The molecule has 6 heterocycles. The van der Waals surface area contributed by atoms with Crippen molar-refractivity contribution < 1.29 is 13.9 Å². The van der Waals surface area contributed by atoms with Crippen molar-refractivity contribution in [2.45, 2.75) is 63.0 Å². The minimum atomic E-state index is -0.837. The minimum absolute atomic E-state index is 0.0912. The zero-order valence-corrected chi connectivity index (χ0v) is 26.5. The average molecular weight is 639 g/mol. The number of nitrogens with zero attached hydrogens (tertiary/aromatic N) is 9. The molecule has 2 unspecified atom stereocenters. The molecule has 3 aliphatic rings. The van der Waals surface area contributed by atoms with E-state index in [4.69, 9.17) is 15.2 Å². The maximum Gasteiger partial charge on any atom is 0.225 e. The van der Waals surface area contributed by atoms with Crippen LogP contribution in [-0.2, 0) is 21.6 Å². The molecule has 0 radical (unpaired) electrons. The molecule has 1 saturated carbocycles. The Morgan fingerprint density at radius 1 is 0.936 bits per heavy atom. The number of aromatic nitrogens is 7. The number of rotatable bonds is 9. The molecule has 8 rings (SSSR count). The Balaban J connectivity index is 0.923. The predicted octanol–water partition coefficient (Wildman–Crippen LogP) is 4.15. The molecular formula is C34H39FN10O2. The summed E-state index contributed by atoms with van der Waals surface area (Å²) in [4.78, 5) is 18.4. The van der Waals surface area contributed by atoms with Crippen LogP contribution in [0.1, 0.15) is 50.2 Å². The summed E-state index contributed by atoms with van der Waals surface area (Å²) in [6.45, 7) is 6.38. The van der Waals surface area contributed by atoms with Crippen LogP contribution in [0, 0.1) is 5.82 Å². The van der Waals surface area contributed by atoms with Gasteiger partial charge in [-0.2, -0.15) is 10.2 Å². The Kier molecular flexibility index (Phi) is 7.61. The summed E-state index contributed by atoms with van der Waals surface area (Å²) in [5, 5.41) is 9.17. The summed E-state index contributed by atoms with van der Waals surface area (Å²) in [5.74, 6) is 1.25. The summed E-state index contributed by atoms with van der Waals surface area (Å²) < 4.78 is 29.5. The smallest absolute Gasteiger partial charge is 0.225 e. The second-order valence-electron chi connectivity index (χ2n) is 13.1. The van der Waals surface area contributed by atoms with Crippen molar-refractivity contribution in [3.63, 3.8) is 0 Å². The molecule has 12 nitrogen and oxygen atoms in total. The number of benzene rings is 1. The van der Waals surface area contributed by atoms with Gasteiger partial charge in [-0.25, -0.2) is 23.9 Å². The highest BCUT2D eigenvalue weighted by atomic mass is 19.1. The molecular weight excluding hydrogens is 599 g/mol. The lowest BCUT2D eigenvalue weighted by atomic mass is 9.87. The highest BCUT2D eigenvalue weighted by Gasteiger charge is 2.47. The third-order valence-corrected chi connectivity index (χ3v) is 9.67. The zero-order valence-electron chi connectivity index (χ0n) is 26.5. The first kappa shape index (κ1) is 29.9. The number of halogens is 1. The third-order valence-electron chi connectivity index (χ3n) is 9.67. The van der Waals surface area contributed by atoms with E-state index in [0.717, 1.165) is 105 Å². The van der Waals surface area contributed by atoms with E-state index in [1.165, 1.54) is 12.1 Å². The van der Waals surface area contributed by atoms with Gasteiger partial charge in [-0.15, -0.1) is 0 Å². The first-order chi connectivity index (χ1) is 22.9. The van der Waals surface area contributed by atoms with Crippen LogP contribution in [0.4, 0.5) is 16.2 Å². The van der Waals surface area contributed by atoms with Crippen molar-refractivity contribution >= 4 is 17.3 Å². The highest BCUT2D eigenvalue weighted by Crippen LogP contribution is 2.43. The van der Waals surface area contributed by atoms with Crippen molar-refractivity contribution in [1.29, 1.82) is 0 Å². The maximum atomic E-state index is 13.4. The second-order valence-corrected chi connectivity index (χ2v) is 13.1. The molecule has 2 aliphatic heterocycles. The summed E-state index contributed by atoms with van der Waals surface area (Å²) in [6, 6.07) is 8.36. The Hall–Kier alpha value is -4.46. The molecule has 4 aromatic heterocycles. The number of piperazine rings is 1. The fourth-order valence-electron chi connectivity index (χ4n) is 6.58. The molecule has 47 heavy (non-hydrogen) atoms. The Morgan fingerprint density at radius 2 is 1.70 bits per heavy atom. The van der Waals surface area contributed by atoms with Crippen LogP contribution in [0.25, 0.3) is 16.6 Å². The molecule has 1 aromatic carbocycles. The molecule has 0 amide bonds. The monoisotopic (exact) mass is 638 g/mol. The fraction of sp³-hybridized carbons (Fsp3) is 0.441. The van der Waals surface area contributed by atoms with Gasteiger partial charge in [-0.1, -0.05) is 12.1 Å². The Labute approximate surface area is 272 Å². The molecule has 5 aromatic rings. The summed E-state index contributed by atoms with van der Waals surface area (Å²) in [5.41, 5.74) is 10.2. The van der Waals surface area contributed by atoms with E-state index < -0.39 is 5.54 Å². The third kappa shape index (κ3) is 6.06. The summed E-state index contributed by atoms with van der Waals surface area (Å²) in [7, 11) is 0. The Bertz CT molecular complexity index is 1840. The predicted molar refractivity (Wildman–Crippen MR) is 174 cm³/mol. The summed E-state index contributed by atoms with van der Waals surface area (Å²) >= 11 is 0. The SMILES string of the molecule is CC(N)(c1ccc(F)cc1)c1cnc(N2CCN(c3ncnn4cc(-c5cnn(CC6(OC7CCCCO7)CC6)c5)cc34)CC2)nc1. The normalized spacial score (nSPS) is 20.8. The first-order valence-corrected chi connectivity index (χ1v) is 16.4. The van der Waals surface area contributed by atoms with Crippen molar-refractivity contribution in [2.75, 3.05) is 42.6 Å². The van der Waals surface area contributed by atoms with Crippen molar-refractivity contribution in [3.05, 3.63) is 84.6 Å². The van der Waals surface area contributed by atoms with Crippen LogP contribution >= 0.6 is 0 Å². The van der Waals surface area contributed by atoms with Gasteiger partial charge in [0.2, 0.25) is 5.95 Å². The highest BCUT2D eigenvalue weighted by molar-refractivity contribution is 5.77. The zero-order chi connectivity index (χ0) is 32.0. The number of ether oxygens (including phenoxy) is 2. The lowest BCUT2D eigenvalue weighted by Crippen LogP contribution is -2.47. The molecule has 1 aliphatic carbocycles. The van der Waals surface area contributed by atoms with Crippen molar-refractivity contribution in [1.82, 2.24) is 34.3 Å². The van der Waals surface area contributed by atoms with E-state index in [-0.39, 0.29) is 17.7 Å². The fourth-order valence-corrected chi connectivity index (χ4v) is 6.58. The van der Waals surface area contributed by atoms with Gasteiger partial charge in [0.05, 0.1) is 23.9 Å². The maximum absolute atomic E-state index is 13.4. The van der Waals surface area contributed by atoms with Crippen molar-refractivity contribution in [3.8, 4) is 11.1 Å². The Morgan fingerprint density at radius 3 is 2.43 bits per heavy atom. The van der Waals surface area contributed by atoms with Gasteiger partial charge in [0.1, 0.15) is 17.7 Å². The number of nitrogens with two attached hydrogens (primary N) is 1. The molecule has 3 fully saturated rings. The van der Waals surface area contributed by atoms with Gasteiger partial charge in [-0.3, -0.25) is 4.68 Å². The van der Waals surface area contributed by atoms with E-state index in [9.17, 15) is 4.39 Å². The van der Waals surface area contributed by atoms with Gasteiger partial charge in [0.15, 0.2) is 12.1 Å². The van der Waals surface area contributed by atoms with Crippen molar-refractivity contribution in [2.24, 2.45) is 5.73 Å². The average Bonchev–Trinajstić information content (AvgIpc) is 3.46. The molecule has 0 spiro atoms. The molecule has 2 N–H and O–H groups in total. The summed E-state index contributed by atoms with van der Waals surface area (Å²) in [6.07, 6.45) is 16.4. The van der Waals surface area contributed by atoms with Gasteiger partial charge >= 0.3 is 0 Å². The molecule has 2 saturated heterocycles. The quantitative estimate of drug-likeness (QED) is 0.252. The van der Waals surface area contributed by atoms with Gasteiger partial charge in [0, 0.05) is 74.3 Å². The first-order valence-electron chi connectivity index (χ1n) is 16.4. The van der Waals surface area contributed by atoms with Crippen LogP contribution in [0.3, 0.4) is 0 Å². The van der Waals surface area contributed by atoms with Crippen LogP contribution in [-0.4, -0.2) is 79.0 Å². The standard InChI is InChI=1S/C34H39FN10O2/c1-33(36,26-5-7-28(35)8-6-26)27-18-37-32(38-19-27)43-13-11-42(12-14-43)31-29-16-24(21-45(29)41-23-39-31)25-17-40-44(20-25)22-34(9-10-34)47-30-4-2-3-15-46-30/h5-8,16-21,23,30H,2-4,9-15,22,36H2,1H3. The number of hydrogen-bond donors (Lipinski definition) is 1. The lowest BCUT2D eigenvalue weighted by molar-refractivity contribution is -0.200. The van der Waals surface area contributed by atoms with E-state index in [1.807, 2.05) is 28.5 Å². The van der Waals surface area contributed by atoms with Crippen LogP contribution < -0.4 is 15.5 Å². The number of anilines is 2. The van der Waals surface area contributed by atoms with Gasteiger partial charge < -0.3 is 25.0 Å². The molecule has 2 atom stereocenters. The second kappa shape index (κ2) is 12.0. The largest absolute Gasteiger partial charge is 0.353 e. The lowest BCUT2D eigenvalue weighted by Gasteiger charge is -2.35. The minimum Gasteiger partial charge on any atom is -0.353 e. The van der Waals surface area contributed by atoms with Gasteiger partial charge in [0.25, 0.3) is 0 Å². The van der Waals surface area contributed by atoms with Crippen LogP contribution in [0.2, 0.25) is 0 Å². The van der Waals surface area contributed by atoms with Crippen LogP contribution in [0.15, 0.2) is 67.6 Å². The van der Waals surface area contributed by atoms with E-state index in [0.29, 0.717) is 5.95 Å². The number of hydrogen-bond acceptors (Lipinski definition) is 10. The van der Waals surface area contributed by atoms with E-state index in [2.05, 4.69) is 47.2 Å². The van der Waals surface area contributed by atoms with Gasteiger partial charge in [-0.05, 0) is 62.8 Å². The number of fused-ring (bicyclic) bond motifs is 1. The van der Waals surface area contributed by atoms with Crippen LogP contribution in [0.5, 0.6) is 0 Å². The molecule has 244 valence electrons. The van der Waals surface area contributed by atoms with E-state index in [1.54, 1.807) is 30.9 Å². The molecule has 0 bridgehead atoms. The topological polar surface area (TPSA) is 125 Å².